The minimum absolute atomic E-state index is 0.408. The second-order valence-corrected chi connectivity index (χ2v) is 7.63. The molecule has 0 amide bonds. The van der Waals surface area contributed by atoms with Gasteiger partial charge in [-0.1, -0.05) is 12.1 Å². The Balaban J connectivity index is 1.36. The summed E-state index contributed by atoms with van der Waals surface area (Å²) in [6.45, 7) is 2.86. The topological polar surface area (TPSA) is 64.3 Å². The lowest BCUT2D eigenvalue weighted by molar-refractivity contribution is 0.0346. The molecule has 0 radical (unpaired) electrons. The first-order valence-electron chi connectivity index (χ1n) is 10.4. The first kappa shape index (κ1) is 18.1. The lowest BCUT2D eigenvalue weighted by Crippen LogP contribution is -2.30. The van der Waals surface area contributed by atoms with Gasteiger partial charge in [-0.25, -0.2) is 9.50 Å². The van der Waals surface area contributed by atoms with Gasteiger partial charge in [0.05, 0.1) is 23.3 Å². The summed E-state index contributed by atoms with van der Waals surface area (Å²) in [6.07, 6.45) is 10.5. The monoisotopic (exact) mass is 387 g/mol. The summed E-state index contributed by atoms with van der Waals surface area (Å²) in [6, 6.07) is 12.9. The van der Waals surface area contributed by atoms with Crippen LogP contribution in [0.2, 0.25) is 0 Å². The molecule has 1 aliphatic carbocycles. The van der Waals surface area contributed by atoms with E-state index in [0.29, 0.717) is 18.1 Å². The van der Waals surface area contributed by atoms with E-state index < -0.39 is 0 Å². The van der Waals surface area contributed by atoms with Crippen molar-refractivity contribution in [2.24, 2.45) is 0 Å². The lowest BCUT2D eigenvalue weighted by atomic mass is 9.93. The van der Waals surface area contributed by atoms with Crippen molar-refractivity contribution in [1.29, 1.82) is 0 Å². The van der Waals surface area contributed by atoms with Crippen LogP contribution in [0, 0.1) is 0 Å². The van der Waals surface area contributed by atoms with Crippen LogP contribution in [0.25, 0.3) is 27.5 Å². The van der Waals surface area contributed by atoms with E-state index in [1.807, 2.05) is 29.2 Å². The highest BCUT2D eigenvalue weighted by Gasteiger charge is 2.22. The molecule has 1 aromatic carbocycles. The molecule has 29 heavy (non-hydrogen) atoms. The zero-order chi connectivity index (χ0) is 19.6. The fraction of sp³-hybridized carbons (Fsp3) is 0.348. The molecule has 1 fully saturated rings. The number of pyridine rings is 1. The predicted octanol–water partition coefficient (Wildman–Crippen LogP) is 4.70. The van der Waals surface area contributed by atoms with Gasteiger partial charge >= 0.3 is 0 Å². The average Bonchev–Trinajstić information content (AvgIpc) is 3.18. The molecule has 0 saturated heterocycles. The maximum Gasteiger partial charge on any atom is 0.241 e. The molecule has 0 aliphatic heterocycles. The van der Waals surface area contributed by atoms with Gasteiger partial charge in [-0.05, 0) is 62.4 Å². The van der Waals surface area contributed by atoms with E-state index in [0.717, 1.165) is 59.8 Å². The Morgan fingerprint density at radius 2 is 2.00 bits per heavy atom. The summed E-state index contributed by atoms with van der Waals surface area (Å²) < 4.78 is 7.65. The van der Waals surface area contributed by atoms with Gasteiger partial charge in [-0.3, -0.25) is 4.98 Å². The number of fused-ring (bicyclic) bond motifs is 2. The quantitative estimate of drug-likeness (QED) is 0.537. The molecule has 1 aliphatic rings. The lowest BCUT2D eigenvalue weighted by Gasteiger charge is -2.28. The standard InChI is InChI=1S/C23H25N5O/c1-2-29-19-8-6-18(7-9-19)26-23-25-15-22-20(11-13-28(22)27-23)16-5-10-21-17(14-16)4-3-12-24-21/h3-5,10-15,18-19H,2,6-9H2,1H3,(H,26,27)/t18-,19+. The number of nitrogens with one attached hydrogen (secondary N) is 1. The molecule has 6 heteroatoms. The molecule has 0 atom stereocenters. The van der Waals surface area contributed by atoms with Crippen molar-refractivity contribution in [1.82, 2.24) is 19.6 Å². The van der Waals surface area contributed by atoms with Gasteiger partial charge in [0.2, 0.25) is 5.95 Å². The van der Waals surface area contributed by atoms with Crippen LogP contribution in [-0.2, 0) is 4.74 Å². The number of nitrogens with zero attached hydrogens (tertiary/aromatic N) is 4. The zero-order valence-corrected chi connectivity index (χ0v) is 16.6. The Kier molecular flexibility index (Phi) is 4.86. The summed E-state index contributed by atoms with van der Waals surface area (Å²) >= 11 is 0. The van der Waals surface area contributed by atoms with Gasteiger partial charge in [0.1, 0.15) is 0 Å². The number of anilines is 1. The van der Waals surface area contributed by atoms with Crippen LogP contribution in [0.5, 0.6) is 0 Å². The van der Waals surface area contributed by atoms with Crippen LogP contribution in [-0.4, -0.2) is 38.3 Å². The van der Waals surface area contributed by atoms with Crippen molar-refractivity contribution in [3.05, 3.63) is 55.0 Å². The summed E-state index contributed by atoms with van der Waals surface area (Å²) in [5.41, 5.74) is 4.27. The van der Waals surface area contributed by atoms with Crippen LogP contribution in [0.4, 0.5) is 5.95 Å². The van der Waals surface area contributed by atoms with E-state index in [1.165, 1.54) is 0 Å². The molecule has 0 bridgehead atoms. The minimum Gasteiger partial charge on any atom is -0.379 e. The number of benzene rings is 1. The Bertz CT molecular complexity index is 1130. The molecule has 3 aromatic heterocycles. The van der Waals surface area contributed by atoms with Crippen molar-refractivity contribution in [3.8, 4) is 11.1 Å². The van der Waals surface area contributed by atoms with E-state index in [9.17, 15) is 0 Å². The summed E-state index contributed by atoms with van der Waals surface area (Å²) in [5.74, 6) is 0.683. The molecular weight excluding hydrogens is 362 g/mol. The highest BCUT2D eigenvalue weighted by molar-refractivity contribution is 5.88. The van der Waals surface area contributed by atoms with Gasteiger partial charge in [0.15, 0.2) is 0 Å². The van der Waals surface area contributed by atoms with Crippen molar-refractivity contribution in [2.45, 2.75) is 44.8 Å². The zero-order valence-electron chi connectivity index (χ0n) is 16.6. The number of ether oxygens (including phenoxy) is 1. The maximum atomic E-state index is 5.74. The average molecular weight is 387 g/mol. The normalized spacial score (nSPS) is 19.6. The van der Waals surface area contributed by atoms with Crippen LogP contribution < -0.4 is 5.32 Å². The van der Waals surface area contributed by atoms with Gasteiger partial charge in [-0.2, -0.15) is 0 Å². The maximum absolute atomic E-state index is 5.74. The van der Waals surface area contributed by atoms with E-state index in [4.69, 9.17) is 4.74 Å². The van der Waals surface area contributed by atoms with Gasteiger partial charge in [0.25, 0.3) is 0 Å². The third kappa shape index (κ3) is 3.68. The second-order valence-electron chi connectivity index (χ2n) is 7.63. The third-order valence-corrected chi connectivity index (χ3v) is 5.74. The van der Waals surface area contributed by atoms with Crippen LogP contribution in [0.15, 0.2) is 55.0 Å². The molecule has 6 nitrogen and oxygen atoms in total. The first-order valence-corrected chi connectivity index (χ1v) is 10.4. The smallest absolute Gasteiger partial charge is 0.241 e. The number of hydrogen-bond acceptors (Lipinski definition) is 5. The molecule has 1 N–H and O–H groups in total. The van der Waals surface area contributed by atoms with Crippen molar-refractivity contribution >= 4 is 22.4 Å². The summed E-state index contributed by atoms with van der Waals surface area (Å²) in [4.78, 5) is 8.99. The van der Waals surface area contributed by atoms with Gasteiger partial charge in [-0.15, -0.1) is 5.10 Å². The molecule has 148 valence electrons. The second kappa shape index (κ2) is 7.79. The molecule has 5 rings (SSSR count). The summed E-state index contributed by atoms with van der Waals surface area (Å²) in [7, 11) is 0. The fourth-order valence-electron chi connectivity index (χ4n) is 4.25. The van der Waals surface area contributed by atoms with Crippen LogP contribution in [0.3, 0.4) is 0 Å². The van der Waals surface area contributed by atoms with Crippen molar-refractivity contribution < 1.29 is 4.74 Å². The summed E-state index contributed by atoms with van der Waals surface area (Å²) in [5, 5.41) is 9.32. The molecule has 0 spiro atoms. The van der Waals surface area contributed by atoms with E-state index >= 15 is 0 Å². The number of hydrogen-bond donors (Lipinski definition) is 1. The van der Waals surface area contributed by atoms with Crippen LogP contribution >= 0.6 is 0 Å². The Labute approximate surface area is 169 Å². The van der Waals surface area contributed by atoms with Gasteiger partial charge < -0.3 is 10.1 Å². The highest BCUT2D eigenvalue weighted by atomic mass is 16.5. The Morgan fingerprint density at radius 3 is 2.86 bits per heavy atom. The van der Waals surface area contributed by atoms with E-state index in [2.05, 4.69) is 57.6 Å². The number of aromatic nitrogens is 4. The number of rotatable bonds is 5. The highest BCUT2D eigenvalue weighted by Crippen LogP contribution is 2.28. The van der Waals surface area contributed by atoms with Crippen LogP contribution in [0.1, 0.15) is 32.6 Å². The Hall–Kier alpha value is -2.99. The van der Waals surface area contributed by atoms with Crippen molar-refractivity contribution in [2.75, 3.05) is 11.9 Å². The third-order valence-electron chi connectivity index (χ3n) is 5.74. The Morgan fingerprint density at radius 1 is 1.10 bits per heavy atom. The molecule has 0 unspecified atom stereocenters. The van der Waals surface area contributed by atoms with Crippen molar-refractivity contribution in [3.63, 3.8) is 0 Å². The molecule has 4 aromatic rings. The fourth-order valence-corrected chi connectivity index (χ4v) is 4.25. The van der Waals surface area contributed by atoms with E-state index in [-0.39, 0.29) is 0 Å². The molecule has 3 heterocycles. The molecular formula is C23H25N5O. The largest absolute Gasteiger partial charge is 0.379 e. The SMILES string of the molecule is CCO[C@H]1CC[C@@H](Nc2ncc3c(-c4ccc5ncccc5c4)ccn3n2)CC1. The predicted molar refractivity (Wildman–Crippen MR) is 115 cm³/mol. The van der Waals surface area contributed by atoms with Gasteiger partial charge in [0, 0.05) is 36.0 Å². The minimum atomic E-state index is 0.408. The van der Waals surface area contributed by atoms with E-state index in [1.54, 1.807) is 0 Å². The molecule has 1 saturated carbocycles. The first-order chi connectivity index (χ1) is 14.3.